The largest absolute Gasteiger partial charge is 0.469 e. The van der Waals surface area contributed by atoms with Gasteiger partial charge in [0.25, 0.3) is 0 Å². The number of hydrogen-bond acceptors (Lipinski definition) is 6. The zero-order valence-electron chi connectivity index (χ0n) is 13.7. The molecule has 0 aliphatic carbocycles. The molecular formula is C15H32N4O2. The van der Waals surface area contributed by atoms with E-state index in [4.69, 9.17) is 0 Å². The van der Waals surface area contributed by atoms with Gasteiger partial charge in [0.15, 0.2) is 0 Å². The van der Waals surface area contributed by atoms with Crippen molar-refractivity contribution in [2.45, 2.75) is 19.8 Å². The molecule has 0 saturated carbocycles. The van der Waals surface area contributed by atoms with Gasteiger partial charge in [0.2, 0.25) is 0 Å². The predicted octanol–water partition coefficient (Wildman–Crippen LogP) is -0.244. The van der Waals surface area contributed by atoms with Gasteiger partial charge in [-0.15, -0.1) is 0 Å². The van der Waals surface area contributed by atoms with Crippen molar-refractivity contribution < 1.29 is 9.53 Å². The van der Waals surface area contributed by atoms with Crippen molar-refractivity contribution in [2.75, 3.05) is 72.6 Å². The minimum Gasteiger partial charge on any atom is -0.469 e. The van der Waals surface area contributed by atoms with Crippen LogP contribution in [0.3, 0.4) is 0 Å². The molecule has 1 fully saturated rings. The molecule has 1 rings (SSSR count). The summed E-state index contributed by atoms with van der Waals surface area (Å²) in [6.07, 6.45) is 1.66. The zero-order chi connectivity index (χ0) is 15.3. The van der Waals surface area contributed by atoms with Crippen LogP contribution in [0.1, 0.15) is 19.8 Å². The molecule has 0 amide bonds. The number of nitrogens with zero attached hydrogens (tertiary/aromatic N) is 2. The normalized spacial score (nSPS) is 17.0. The Balaban J connectivity index is 1.94. The molecule has 6 nitrogen and oxygen atoms in total. The van der Waals surface area contributed by atoms with Gasteiger partial charge in [-0.2, -0.15) is 0 Å². The maximum absolute atomic E-state index is 11.0. The molecule has 124 valence electrons. The Morgan fingerprint density at radius 1 is 0.952 bits per heavy atom. The molecular weight excluding hydrogens is 268 g/mol. The number of hydrogen-bond donors (Lipinski definition) is 2. The molecule has 2 N–H and O–H groups in total. The molecule has 0 spiro atoms. The summed E-state index contributed by atoms with van der Waals surface area (Å²) in [6.45, 7) is 12.9. The van der Waals surface area contributed by atoms with Crippen molar-refractivity contribution in [1.82, 2.24) is 20.4 Å². The Morgan fingerprint density at radius 2 is 1.48 bits per heavy atom. The van der Waals surface area contributed by atoms with Crippen molar-refractivity contribution in [2.24, 2.45) is 0 Å². The average Bonchev–Trinajstić information content (AvgIpc) is 2.52. The molecule has 6 heteroatoms. The summed E-state index contributed by atoms with van der Waals surface area (Å²) < 4.78 is 4.61. The van der Waals surface area contributed by atoms with E-state index >= 15 is 0 Å². The summed E-state index contributed by atoms with van der Waals surface area (Å²) in [5.74, 6) is -0.146. The van der Waals surface area contributed by atoms with Gasteiger partial charge in [-0.25, -0.2) is 0 Å². The number of nitrogens with one attached hydrogen (secondary N) is 2. The molecule has 0 bridgehead atoms. The summed E-state index contributed by atoms with van der Waals surface area (Å²) in [4.78, 5) is 16.0. The van der Waals surface area contributed by atoms with Crippen LogP contribution < -0.4 is 10.6 Å². The smallest absolute Gasteiger partial charge is 0.306 e. The SMILES string of the molecule is CCCNCCN1CCN(CCNCCC(=O)OC)CC1. The van der Waals surface area contributed by atoms with Gasteiger partial charge in [0.05, 0.1) is 13.5 Å². The van der Waals surface area contributed by atoms with Gasteiger partial charge in [-0.3, -0.25) is 14.6 Å². The Labute approximate surface area is 129 Å². The van der Waals surface area contributed by atoms with Crippen molar-refractivity contribution in [1.29, 1.82) is 0 Å². The molecule has 1 aliphatic heterocycles. The zero-order valence-corrected chi connectivity index (χ0v) is 13.7. The van der Waals surface area contributed by atoms with Crippen molar-refractivity contribution in [3.05, 3.63) is 0 Å². The van der Waals surface area contributed by atoms with Crippen molar-refractivity contribution in [3.8, 4) is 0 Å². The number of carbonyl (C=O) groups is 1. The van der Waals surface area contributed by atoms with Crippen LogP contribution in [0.25, 0.3) is 0 Å². The molecule has 0 radical (unpaired) electrons. The lowest BCUT2D eigenvalue weighted by atomic mass is 10.3. The monoisotopic (exact) mass is 300 g/mol. The molecule has 0 aromatic heterocycles. The first-order valence-corrected chi connectivity index (χ1v) is 8.19. The highest BCUT2D eigenvalue weighted by Gasteiger charge is 2.15. The van der Waals surface area contributed by atoms with Gasteiger partial charge >= 0.3 is 5.97 Å². The summed E-state index contributed by atoms with van der Waals surface area (Å²) in [6, 6.07) is 0. The first kappa shape index (κ1) is 18.4. The molecule has 0 unspecified atom stereocenters. The summed E-state index contributed by atoms with van der Waals surface area (Å²) in [7, 11) is 1.43. The van der Waals surface area contributed by atoms with Crippen LogP contribution in [0.5, 0.6) is 0 Å². The number of piperazine rings is 1. The van der Waals surface area contributed by atoms with Crippen LogP contribution in [-0.2, 0) is 9.53 Å². The van der Waals surface area contributed by atoms with Gasteiger partial charge in [-0.1, -0.05) is 6.92 Å². The number of esters is 1. The summed E-state index contributed by atoms with van der Waals surface area (Å²) in [5, 5.41) is 6.74. The van der Waals surface area contributed by atoms with E-state index in [9.17, 15) is 4.79 Å². The highest BCUT2D eigenvalue weighted by Crippen LogP contribution is 2.00. The molecule has 1 heterocycles. The fourth-order valence-electron chi connectivity index (χ4n) is 2.43. The Kier molecular flexibility index (Phi) is 10.4. The van der Waals surface area contributed by atoms with E-state index in [0.29, 0.717) is 13.0 Å². The maximum atomic E-state index is 11.0. The average molecular weight is 300 g/mol. The van der Waals surface area contributed by atoms with Crippen LogP contribution in [0.4, 0.5) is 0 Å². The van der Waals surface area contributed by atoms with E-state index in [1.54, 1.807) is 0 Å². The lowest BCUT2D eigenvalue weighted by molar-refractivity contribution is -0.140. The first-order chi connectivity index (χ1) is 10.3. The Morgan fingerprint density at radius 3 is 1.95 bits per heavy atom. The molecule has 0 aromatic rings. The van der Waals surface area contributed by atoms with Crippen molar-refractivity contribution >= 4 is 5.97 Å². The third kappa shape index (κ3) is 9.03. The van der Waals surface area contributed by atoms with E-state index in [-0.39, 0.29) is 5.97 Å². The second-order valence-corrected chi connectivity index (χ2v) is 5.51. The predicted molar refractivity (Wildman–Crippen MR) is 85.5 cm³/mol. The number of ether oxygens (including phenoxy) is 1. The quantitative estimate of drug-likeness (QED) is 0.406. The van der Waals surface area contributed by atoms with Gasteiger partial charge in [-0.05, 0) is 13.0 Å². The van der Waals surface area contributed by atoms with Crippen LogP contribution in [0.2, 0.25) is 0 Å². The number of rotatable bonds is 11. The second kappa shape index (κ2) is 11.9. The van der Waals surface area contributed by atoms with Crippen LogP contribution in [0, 0.1) is 0 Å². The molecule has 0 atom stereocenters. The van der Waals surface area contributed by atoms with E-state index in [2.05, 4.69) is 32.1 Å². The van der Waals surface area contributed by atoms with Crippen LogP contribution >= 0.6 is 0 Å². The molecule has 1 saturated heterocycles. The van der Waals surface area contributed by atoms with Crippen LogP contribution in [0.15, 0.2) is 0 Å². The van der Waals surface area contributed by atoms with E-state index in [0.717, 1.165) is 58.9 Å². The third-order valence-electron chi connectivity index (χ3n) is 3.83. The standard InChI is InChI=1S/C15H32N4O2/c1-3-5-16-7-9-18-11-13-19(14-12-18)10-8-17-6-4-15(20)21-2/h16-17H,3-14H2,1-2H3. The Hall–Kier alpha value is -0.690. The first-order valence-electron chi connectivity index (χ1n) is 8.19. The second-order valence-electron chi connectivity index (χ2n) is 5.51. The van der Waals surface area contributed by atoms with E-state index in [1.165, 1.54) is 13.5 Å². The molecule has 1 aliphatic rings. The van der Waals surface area contributed by atoms with Gasteiger partial charge in [0.1, 0.15) is 0 Å². The maximum Gasteiger partial charge on any atom is 0.306 e. The van der Waals surface area contributed by atoms with E-state index in [1.807, 2.05) is 0 Å². The fraction of sp³-hybridized carbons (Fsp3) is 0.933. The lowest BCUT2D eigenvalue weighted by Gasteiger charge is -2.34. The Bertz CT molecular complexity index is 268. The lowest BCUT2D eigenvalue weighted by Crippen LogP contribution is -2.49. The minimum absolute atomic E-state index is 0.146. The highest BCUT2D eigenvalue weighted by atomic mass is 16.5. The summed E-state index contributed by atoms with van der Waals surface area (Å²) >= 11 is 0. The molecule has 0 aromatic carbocycles. The molecule has 21 heavy (non-hydrogen) atoms. The van der Waals surface area contributed by atoms with Crippen molar-refractivity contribution in [3.63, 3.8) is 0 Å². The topological polar surface area (TPSA) is 56.8 Å². The number of methoxy groups -OCH3 is 1. The highest BCUT2D eigenvalue weighted by molar-refractivity contribution is 5.69. The third-order valence-corrected chi connectivity index (χ3v) is 3.83. The minimum atomic E-state index is -0.146. The number of carbonyl (C=O) groups excluding carboxylic acids is 1. The van der Waals surface area contributed by atoms with Gasteiger partial charge < -0.3 is 15.4 Å². The van der Waals surface area contributed by atoms with E-state index < -0.39 is 0 Å². The summed E-state index contributed by atoms with van der Waals surface area (Å²) in [5.41, 5.74) is 0. The van der Waals surface area contributed by atoms with Gasteiger partial charge in [0, 0.05) is 58.9 Å². The fourth-order valence-corrected chi connectivity index (χ4v) is 2.43. The van der Waals surface area contributed by atoms with Crippen LogP contribution in [-0.4, -0.2) is 88.3 Å².